The third kappa shape index (κ3) is 6.69. The topological polar surface area (TPSA) is 117 Å². The number of rotatable bonds is 12. The third-order valence-corrected chi connectivity index (χ3v) is 16.5. The maximum atomic E-state index is 15.5. The molecule has 2 amide bonds. The van der Waals surface area contributed by atoms with Crippen molar-refractivity contribution in [2.24, 2.45) is 5.92 Å². The first-order valence-corrected chi connectivity index (χ1v) is 22.6. The second kappa shape index (κ2) is 15.3. The number of aliphatic hydroxyl groups excluding tert-OH is 1. The van der Waals surface area contributed by atoms with Gasteiger partial charge in [-0.25, -0.2) is 4.68 Å². The quantitative estimate of drug-likeness (QED) is 0.137. The number of hydrogen-bond acceptors (Lipinski definition) is 6. The minimum absolute atomic E-state index is 0.0264. The zero-order valence-corrected chi connectivity index (χ0v) is 33.7. The number of hydrogen-bond donors (Lipinski definition) is 2. The maximum Gasteiger partial charge on any atom is 0.279 e. The fraction of sp³-hybridized carbons (Fsp3) is 0.283. The van der Waals surface area contributed by atoms with Crippen molar-refractivity contribution in [2.45, 2.75) is 56.8 Å². The summed E-state index contributed by atoms with van der Waals surface area (Å²) < 4.78 is 14.4. The van der Waals surface area contributed by atoms with E-state index in [1.165, 1.54) is 4.68 Å². The number of fused-ring (bicyclic) bond motifs is 3. The van der Waals surface area contributed by atoms with Gasteiger partial charge in [-0.05, 0) is 59.1 Å². The van der Waals surface area contributed by atoms with Crippen molar-refractivity contribution >= 4 is 41.7 Å². The van der Waals surface area contributed by atoms with Crippen LogP contribution in [0, 0.1) is 5.92 Å². The Morgan fingerprint density at radius 1 is 0.895 bits per heavy atom. The number of amides is 2. The Balaban J connectivity index is 1.27. The first kappa shape index (κ1) is 38.1. The van der Waals surface area contributed by atoms with Crippen LogP contribution in [0.4, 0.5) is 5.69 Å². The summed E-state index contributed by atoms with van der Waals surface area (Å²) in [7, 11) is -0.940. The molecule has 11 heteroatoms. The van der Waals surface area contributed by atoms with Gasteiger partial charge in [0, 0.05) is 24.6 Å². The molecular weight excluding hydrogens is 733 g/mol. The first-order valence-electron chi connectivity index (χ1n) is 19.5. The van der Waals surface area contributed by atoms with Gasteiger partial charge in [-0.15, -0.1) is 0 Å². The summed E-state index contributed by atoms with van der Waals surface area (Å²) in [6.45, 7) is 7.31. The summed E-state index contributed by atoms with van der Waals surface area (Å²) in [5.41, 5.74) is 2.75. The third-order valence-electron chi connectivity index (χ3n) is 12.2. The molecule has 1 aromatic heterocycles. The van der Waals surface area contributed by atoms with Crippen LogP contribution in [0.1, 0.15) is 30.0 Å². The van der Waals surface area contributed by atoms with E-state index in [1.807, 2.05) is 109 Å². The number of carbonyl (C=O) groups excluding carboxylic acids is 2. The molecule has 2 N–H and O–H groups in total. The molecule has 292 valence electrons. The molecular formula is C46H48N4O6Si. The summed E-state index contributed by atoms with van der Waals surface area (Å²) >= 11 is 0. The lowest BCUT2D eigenvalue weighted by atomic mass is 9.82. The monoisotopic (exact) mass is 780 g/mol. The molecule has 0 saturated carbocycles. The lowest BCUT2D eigenvalue weighted by Crippen LogP contribution is -2.52. The SMILES string of the molecule is COc1ccc([Si](C)(C)[C@@H]2[C@@H](CC(=O)N(CCO)Cc3ccccc3)O[C@]3(C(=O)N(Cc4ccccc4)c4ccc(-n5[nH]c6ccccc6c5=O)cc43)[C@H]2C)cc1. The molecule has 1 saturated heterocycles. The maximum absolute atomic E-state index is 15.5. The van der Waals surface area contributed by atoms with E-state index in [4.69, 9.17) is 9.47 Å². The summed E-state index contributed by atoms with van der Waals surface area (Å²) in [4.78, 5) is 47.2. The lowest BCUT2D eigenvalue weighted by Gasteiger charge is -2.37. The summed E-state index contributed by atoms with van der Waals surface area (Å²) in [5.74, 6) is 0.0308. The summed E-state index contributed by atoms with van der Waals surface area (Å²) in [6.07, 6.45) is -0.611. The molecule has 1 fully saturated rings. The highest BCUT2D eigenvalue weighted by Gasteiger charge is 2.66. The van der Waals surface area contributed by atoms with Crippen LogP contribution in [0.3, 0.4) is 0 Å². The van der Waals surface area contributed by atoms with Crippen molar-refractivity contribution in [3.63, 3.8) is 0 Å². The Morgan fingerprint density at radius 2 is 1.56 bits per heavy atom. The second-order valence-corrected chi connectivity index (χ2v) is 20.4. The van der Waals surface area contributed by atoms with E-state index in [0.29, 0.717) is 40.9 Å². The van der Waals surface area contributed by atoms with Crippen LogP contribution in [0.2, 0.25) is 18.6 Å². The average Bonchev–Trinajstić information content (AvgIpc) is 3.81. The van der Waals surface area contributed by atoms with Gasteiger partial charge >= 0.3 is 0 Å². The van der Waals surface area contributed by atoms with Crippen LogP contribution in [-0.2, 0) is 33.0 Å². The molecule has 57 heavy (non-hydrogen) atoms. The van der Waals surface area contributed by atoms with E-state index in [-0.39, 0.29) is 48.4 Å². The molecule has 4 atom stereocenters. The van der Waals surface area contributed by atoms with Crippen molar-refractivity contribution in [3.05, 3.63) is 154 Å². The van der Waals surface area contributed by atoms with Crippen molar-refractivity contribution in [1.29, 1.82) is 0 Å². The molecule has 0 aliphatic carbocycles. The van der Waals surface area contributed by atoms with Gasteiger partial charge in [0.05, 0.1) is 63.1 Å². The minimum atomic E-state index is -2.58. The van der Waals surface area contributed by atoms with Crippen molar-refractivity contribution < 1.29 is 24.2 Å². The van der Waals surface area contributed by atoms with E-state index >= 15 is 4.79 Å². The normalized spacial score (nSPS) is 20.3. The second-order valence-electron chi connectivity index (χ2n) is 15.8. The van der Waals surface area contributed by atoms with Gasteiger partial charge in [-0.3, -0.25) is 19.5 Å². The predicted molar refractivity (Wildman–Crippen MR) is 225 cm³/mol. The molecule has 6 aromatic rings. The Labute approximate surface area is 333 Å². The lowest BCUT2D eigenvalue weighted by molar-refractivity contribution is -0.150. The number of anilines is 1. The van der Waals surface area contributed by atoms with E-state index in [2.05, 4.69) is 37.2 Å². The molecule has 0 bridgehead atoms. The number of nitrogens with one attached hydrogen (secondary N) is 1. The number of methoxy groups -OCH3 is 1. The highest BCUT2D eigenvalue weighted by molar-refractivity contribution is 6.91. The smallest absolute Gasteiger partial charge is 0.279 e. The van der Waals surface area contributed by atoms with Crippen LogP contribution >= 0.6 is 0 Å². The number of para-hydroxylation sites is 1. The zero-order valence-electron chi connectivity index (χ0n) is 32.7. The number of aromatic nitrogens is 2. The van der Waals surface area contributed by atoms with E-state index in [0.717, 1.165) is 22.1 Å². The number of H-pyrrole nitrogens is 1. The number of ether oxygens (including phenoxy) is 2. The highest BCUT2D eigenvalue weighted by atomic mass is 28.3. The Bertz CT molecular complexity index is 2470. The van der Waals surface area contributed by atoms with Gasteiger partial charge in [0.25, 0.3) is 11.5 Å². The number of aliphatic hydroxyl groups is 1. The number of benzene rings is 5. The molecule has 3 heterocycles. The average molecular weight is 781 g/mol. The van der Waals surface area contributed by atoms with Gasteiger partial charge in [0.1, 0.15) is 5.75 Å². The fourth-order valence-corrected chi connectivity index (χ4v) is 13.3. The van der Waals surface area contributed by atoms with Gasteiger partial charge in [-0.2, -0.15) is 0 Å². The van der Waals surface area contributed by atoms with Gasteiger partial charge in [0.15, 0.2) is 5.60 Å². The zero-order chi connectivity index (χ0) is 39.9. The Hall–Kier alpha value is -5.75. The Kier molecular flexibility index (Phi) is 10.2. The van der Waals surface area contributed by atoms with Crippen LogP contribution < -0.4 is 20.4 Å². The van der Waals surface area contributed by atoms with E-state index < -0.39 is 19.8 Å². The van der Waals surface area contributed by atoms with Crippen LogP contribution in [0.5, 0.6) is 5.75 Å². The Morgan fingerprint density at radius 3 is 2.23 bits per heavy atom. The van der Waals surface area contributed by atoms with Gasteiger partial charge in [-0.1, -0.05) is 110 Å². The number of carbonyl (C=O) groups is 2. The molecule has 5 aromatic carbocycles. The van der Waals surface area contributed by atoms with E-state index in [9.17, 15) is 14.7 Å². The molecule has 2 aliphatic heterocycles. The van der Waals surface area contributed by atoms with Crippen molar-refractivity contribution in [3.8, 4) is 11.4 Å². The largest absolute Gasteiger partial charge is 0.497 e. The molecule has 0 unspecified atom stereocenters. The predicted octanol–water partition coefficient (Wildman–Crippen LogP) is 6.50. The first-order chi connectivity index (χ1) is 27.6. The van der Waals surface area contributed by atoms with Crippen LogP contribution in [0.15, 0.2) is 132 Å². The van der Waals surface area contributed by atoms with Gasteiger partial charge < -0.3 is 24.4 Å². The van der Waals surface area contributed by atoms with Crippen molar-refractivity contribution in [2.75, 3.05) is 25.2 Å². The molecule has 2 aliphatic rings. The van der Waals surface area contributed by atoms with Crippen LogP contribution in [-0.4, -0.2) is 66.0 Å². The molecule has 0 radical (unpaired) electrons. The van der Waals surface area contributed by atoms with Gasteiger partial charge in [0.2, 0.25) is 5.91 Å². The standard InChI is InChI=1S/C46H48N4O6Si/c1-31-43(57(3,4)36-22-20-35(55-2)21-23-36)41(28-42(52)48(25-26-51)29-32-13-7-5-8-14-32)56-46(31)38-27-34(50-44(53)37-17-11-12-18-39(37)47-50)19-24-40(38)49(45(46)54)30-33-15-9-6-10-16-33/h5-24,27,31,41,43,47,51H,25-26,28-30H2,1-4H3/t31-,41+,43-,46+/m0/s1. The van der Waals surface area contributed by atoms with Crippen LogP contribution in [0.25, 0.3) is 16.6 Å². The highest BCUT2D eigenvalue weighted by Crippen LogP contribution is 2.60. The molecule has 1 spiro atoms. The molecule has 10 nitrogen and oxygen atoms in total. The fourth-order valence-electron chi connectivity index (χ4n) is 9.32. The van der Waals surface area contributed by atoms with Crippen molar-refractivity contribution in [1.82, 2.24) is 14.7 Å². The van der Waals surface area contributed by atoms with E-state index in [1.54, 1.807) is 23.0 Å². The minimum Gasteiger partial charge on any atom is -0.497 e. The summed E-state index contributed by atoms with van der Waals surface area (Å²) in [5, 5.41) is 15.1. The molecule has 8 rings (SSSR count). The number of aromatic amines is 1. The summed E-state index contributed by atoms with van der Waals surface area (Å²) in [6, 6.07) is 40.8. The number of nitrogens with zero attached hydrogens (tertiary/aromatic N) is 3.